The van der Waals surface area contributed by atoms with E-state index in [0.29, 0.717) is 5.92 Å². The van der Waals surface area contributed by atoms with Gasteiger partial charge < -0.3 is 15.0 Å². The Morgan fingerprint density at radius 2 is 2.20 bits per heavy atom. The summed E-state index contributed by atoms with van der Waals surface area (Å²) in [5.74, 6) is 0.566. The Bertz CT molecular complexity index is 219. The fourth-order valence-corrected chi connectivity index (χ4v) is 1.83. The number of ether oxygens (including phenoxy) is 1. The van der Waals surface area contributed by atoms with Gasteiger partial charge in [0.05, 0.1) is 6.10 Å². The number of hydrogen-bond donors (Lipinski definition) is 1. The topological polar surface area (TPSA) is 41.6 Å². The van der Waals surface area contributed by atoms with Crippen LogP contribution < -0.4 is 5.32 Å². The summed E-state index contributed by atoms with van der Waals surface area (Å²) < 4.78 is 5.77. The number of nitrogens with zero attached hydrogens (tertiary/aromatic N) is 1. The number of amides is 1. The molecular formula is C11H22N2O2. The molecule has 15 heavy (non-hydrogen) atoms. The summed E-state index contributed by atoms with van der Waals surface area (Å²) in [6.45, 7) is 5.91. The predicted molar refractivity (Wildman–Crippen MR) is 59.7 cm³/mol. The molecule has 3 unspecified atom stereocenters. The van der Waals surface area contributed by atoms with Crippen molar-refractivity contribution in [2.75, 3.05) is 27.2 Å². The predicted octanol–water partition coefficient (Wildman–Crippen LogP) is 0.478. The molecule has 0 aromatic carbocycles. The van der Waals surface area contributed by atoms with Crippen LogP contribution in [-0.2, 0) is 9.53 Å². The third-order valence-corrected chi connectivity index (χ3v) is 2.92. The smallest absolute Gasteiger partial charge is 0.250 e. The molecule has 0 aliphatic carbocycles. The van der Waals surface area contributed by atoms with Crippen LogP contribution in [0.4, 0.5) is 0 Å². The third-order valence-electron chi connectivity index (χ3n) is 2.92. The number of likely N-dealkylation sites (N-methyl/N-ethyl adjacent to an activating group) is 1. The Hall–Kier alpha value is -0.610. The molecule has 88 valence electrons. The van der Waals surface area contributed by atoms with Crippen LogP contribution >= 0.6 is 0 Å². The fourth-order valence-electron chi connectivity index (χ4n) is 1.83. The van der Waals surface area contributed by atoms with Gasteiger partial charge in [0, 0.05) is 20.6 Å². The maximum atomic E-state index is 11.6. The number of hydrogen-bond acceptors (Lipinski definition) is 3. The highest BCUT2D eigenvalue weighted by atomic mass is 16.5. The largest absolute Gasteiger partial charge is 0.364 e. The van der Waals surface area contributed by atoms with E-state index in [1.54, 1.807) is 19.0 Å². The van der Waals surface area contributed by atoms with Gasteiger partial charge in [-0.1, -0.05) is 6.92 Å². The van der Waals surface area contributed by atoms with Gasteiger partial charge in [0.2, 0.25) is 0 Å². The lowest BCUT2D eigenvalue weighted by atomic mass is 9.97. The van der Waals surface area contributed by atoms with Crippen LogP contribution in [0.5, 0.6) is 0 Å². The Morgan fingerprint density at radius 3 is 2.73 bits per heavy atom. The second-order valence-corrected chi connectivity index (χ2v) is 4.52. The molecule has 1 heterocycles. The normalized spacial score (nSPS) is 28.5. The van der Waals surface area contributed by atoms with E-state index in [2.05, 4.69) is 12.2 Å². The number of rotatable bonds is 3. The highest BCUT2D eigenvalue weighted by Gasteiger charge is 2.26. The van der Waals surface area contributed by atoms with Gasteiger partial charge in [0.1, 0.15) is 6.10 Å². The monoisotopic (exact) mass is 214 g/mol. The first kappa shape index (κ1) is 12.5. The second-order valence-electron chi connectivity index (χ2n) is 4.52. The Kier molecular flexibility index (Phi) is 4.54. The zero-order valence-corrected chi connectivity index (χ0v) is 10.1. The second kappa shape index (κ2) is 5.47. The number of piperidine rings is 1. The molecule has 1 rings (SSSR count). The highest BCUT2D eigenvalue weighted by Crippen LogP contribution is 2.16. The van der Waals surface area contributed by atoms with Crippen LogP contribution in [0.3, 0.4) is 0 Å². The van der Waals surface area contributed by atoms with Crippen LogP contribution in [0, 0.1) is 5.92 Å². The molecule has 0 saturated carbocycles. The van der Waals surface area contributed by atoms with E-state index in [9.17, 15) is 4.79 Å². The Balaban J connectivity index is 2.42. The minimum atomic E-state index is -0.340. The SMILES string of the molecule is CC(OC1CNCCC1C)C(=O)N(C)C. The van der Waals surface area contributed by atoms with Crippen molar-refractivity contribution >= 4 is 5.91 Å². The van der Waals surface area contributed by atoms with Gasteiger partial charge in [-0.15, -0.1) is 0 Å². The fraction of sp³-hybridized carbons (Fsp3) is 0.909. The molecular weight excluding hydrogens is 192 g/mol. The van der Waals surface area contributed by atoms with Gasteiger partial charge in [0.25, 0.3) is 5.91 Å². The van der Waals surface area contributed by atoms with Crippen molar-refractivity contribution in [3.63, 3.8) is 0 Å². The standard InChI is InChI=1S/C11H22N2O2/c1-8-5-6-12-7-10(8)15-9(2)11(14)13(3)4/h8-10,12H,5-7H2,1-4H3. The van der Waals surface area contributed by atoms with Gasteiger partial charge in [-0.3, -0.25) is 4.79 Å². The molecule has 0 bridgehead atoms. The number of carbonyl (C=O) groups excluding carboxylic acids is 1. The van der Waals surface area contributed by atoms with Crippen molar-refractivity contribution in [3.05, 3.63) is 0 Å². The first-order valence-electron chi connectivity index (χ1n) is 5.59. The summed E-state index contributed by atoms with van der Waals surface area (Å²) in [6, 6.07) is 0. The molecule has 1 amide bonds. The lowest BCUT2D eigenvalue weighted by molar-refractivity contribution is -0.146. The molecule has 0 spiro atoms. The van der Waals surface area contributed by atoms with Crippen molar-refractivity contribution in [2.24, 2.45) is 5.92 Å². The quantitative estimate of drug-likeness (QED) is 0.743. The number of nitrogens with one attached hydrogen (secondary N) is 1. The van der Waals surface area contributed by atoms with E-state index in [1.807, 2.05) is 6.92 Å². The van der Waals surface area contributed by atoms with E-state index >= 15 is 0 Å². The summed E-state index contributed by atoms with van der Waals surface area (Å²) >= 11 is 0. The molecule has 4 nitrogen and oxygen atoms in total. The van der Waals surface area contributed by atoms with E-state index in [0.717, 1.165) is 19.5 Å². The van der Waals surface area contributed by atoms with E-state index in [1.165, 1.54) is 0 Å². The average molecular weight is 214 g/mol. The summed E-state index contributed by atoms with van der Waals surface area (Å²) in [7, 11) is 3.51. The van der Waals surface area contributed by atoms with Crippen LogP contribution in [0.15, 0.2) is 0 Å². The molecule has 0 aromatic rings. The maximum absolute atomic E-state index is 11.6. The lowest BCUT2D eigenvalue weighted by Gasteiger charge is -2.32. The zero-order chi connectivity index (χ0) is 11.4. The molecule has 1 saturated heterocycles. The summed E-state index contributed by atoms with van der Waals surface area (Å²) in [5.41, 5.74) is 0. The first-order valence-corrected chi connectivity index (χ1v) is 5.59. The van der Waals surface area contributed by atoms with E-state index in [-0.39, 0.29) is 18.1 Å². The molecule has 0 aromatic heterocycles. The van der Waals surface area contributed by atoms with Crippen LogP contribution in [0.1, 0.15) is 20.3 Å². The molecule has 1 aliphatic heterocycles. The van der Waals surface area contributed by atoms with Crippen molar-refractivity contribution < 1.29 is 9.53 Å². The molecule has 1 N–H and O–H groups in total. The van der Waals surface area contributed by atoms with Crippen molar-refractivity contribution in [3.8, 4) is 0 Å². The van der Waals surface area contributed by atoms with Gasteiger partial charge in [-0.25, -0.2) is 0 Å². The van der Waals surface area contributed by atoms with E-state index in [4.69, 9.17) is 4.74 Å². The van der Waals surface area contributed by atoms with Crippen molar-refractivity contribution in [2.45, 2.75) is 32.5 Å². The lowest BCUT2D eigenvalue weighted by Crippen LogP contribution is -2.45. The Morgan fingerprint density at radius 1 is 1.53 bits per heavy atom. The summed E-state index contributed by atoms with van der Waals surface area (Å²) in [5, 5.41) is 3.29. The van der Waals surface area contributed by atoms with Crippen LogP contribution in [0.25, 0.3) is 0 Å². The molecule has 1 fully saturated rings. The van der Waals surface area contributed by atoms with Gasteiger partial charge in [0.15, 0.2) is 0 Å². The van der Waals surface area contributed by atoms with Crippen LogP contribution in [0.2, 0.25) is 0 Å². The number of carbonyl (C=O) groups is 1. The minimum absolute atomic E-state index is 0.0350. The zero-order valence-electron chi connectivity index (χ0n) is 10.1. The first-order chi connectivity index (χ1) is 7.02. The van der Waals surface area contributed by atoms with Crippen LogP contribution in [-0.4, -0.2) is 50.2 Å². The average Bonchev–Trinajstić information content (AvgIpc) is 2.20. The highest BCUT2D eigenvalue weighted by molar-refractivity contribution is 5.79. The van der Waals surface area contributed by atoms with Gasteiger partial charge >= 0.3 is 0 Å². The van der Waals surface area contributed by atoms with Crippen molar-refractivity contribution in [1.29, 1.82) is 0 Å². The third kappa shape index (κ3) is 3.47. The summed E-state index contributed by atoms with van der Waals surface area (Å²) in [4.78, 5) is 13.2. The van der Waals surface area contributed by atoms with Gasteiger partial charge in [-0.05, 0) is 25.8 Å². The molecule has 3 atom stereocenters. The summed E-state index contributed by atoms with van der Waals surface area (Å²) in [6.07, 6.45) is 0.943. The molecule has 4 heteroatoms. The van der Waals surface area contributed by atoms with Crippen molar-refractivity contribution in [1.82, 2.24) is 10.2 Å². The van der Waals surface area contributed by atoms with E-state index < -0.39 is 0 Å². The molecule has 0 radical (unpaired) electrons. The van der Waals surface area contributed by atoms with Gasteiger partial charge in [-0.2, -0.15) is 0 Å². The maximum Gasteiger partial charge on any atom is 0.250 e. The minimum Gasteiger partial charge on any atom is -0.364 e. The Labute approximate surface area is 92.0 Å². The molecule has 1 aliphatic rings.